The van der Waals surface area contributed by atoms with Crippen molar-refractivity contribution in [2.45, 2.75) is 37.0 Å². The van der Waals surface area contributed by atoms with Gasteiger partial charge in [-0.2, -0.15) is 4.31 Å². The van der Waals surface area contributed by atoms with E-state index in [0.717, 1.165) is 0 Å². The third-order valence-corrected chi connectivity index (χ3v) is 6.55. The van der Waals surface area contributed by atoms with Gasteiger partial charge in [0, 0.05) is 44.9 Å². The topological polar surface area (TPSA) is 110 Å². The molecule has 2 atom stereocenters. The van der Waals surface area contributed by atoms with E-state index in [-0.39, 0.29) is 31.6 Å². The van der Waals surface area contributed by atoms with E-state index in [1.807, 2.05) is 0 Å². The van der Waals surface area contributed by atoms with Crippen LogP contribution in [0.25, 0.3) is 0 Å². The number of primary amides is 1. The van der Waals surface area contributed by atoms with Gasteiger partial charge >= 0.3 is 0 Å². The minimum absolute atomic E-state index is 0.0278. The summed E-state index contributed by atoms with van der Waals surface area (Å²) in [5.41, 5.74) is 5.21. The zero-order chi connectivity index (χ0) is 15.7. The van der Waals surface area contributed by atoms with E-state index in [1.165, 1.54) is 4.31 Å². The quantitative estimate of drug-likeness (QED) is 0.656. The molecule has 0 aromatic rings. The van der Waals surface area contributed by atoms with Crippen molar-refractivity contribution in [1.29, 1.82) is 0 Å². The molecule has 1 amide bonds. The molecule has 0 aromatic carbocycles. The van der Waals surface area contributed by atoms with E-state index in [1.54, 1.807) is 19.1 Å². The first-order valence-electron chi connectivity index (χ1n) is 6.96. The Bertz CT molecular complexity index is 572. The van der Waals surface area contributed by atoms with Gasteiger partial charge in [-0.15, -0.1) is 0 Å². The van der Waals surface area contributed by atoms with Gasteiger partial charge in [0.2, 0.25) is 15.9 Å². The summed E-state index contributed by atoms with van der Waals surface area (Å²) in [5.74, 6) is -0.630. The van der Waals surface area contributed by atoms with Crippen molar-refractivity contribution in [2.75, 3.05) is 19.6 Å². The van der Waals surface area contributed by atoms with Crippen LogP contribution in [0.4, 0.5) is 0 Å². The van der Waals surface area contributed by atoms with Crippen LogP contribution in [0.3, 0.4) is 0 Å². The first kappa shape index (κ1) is 16.1. The van der Waals surface area contributed by atoms with Crippen LogP contribution in [0.15, 0.2) is 12.2 Å². The number of amides is 1. The van der Waals surface area contributed by atoms with Crippen LogP contribution >= 0.6 is 0 Å². The number of hydrogen-bond donors (Lipinski definition) is 2. The predicted molar refractivity (Wildman–Crippen MR) is 77.9 cm³/mol. The molecule has 3 N–H and O–H groups in total. The van der Waals surface area contributed by atoms with Crippen molar-refractivity contribution in [3.63, 3.8) is 0 Å². The average molecular weight is 315 g/mol. The minimum Gasteiger partial charge on any atom is -0.370 e. The van der Waals surface area contributed by atoms with Crippen LogP contribution in [0.2, 0.25) is 0 Å². The maximum atomic E-state index is 12.9. The highest BCUT2D eigenvalue weighted by atomic mass is 32.2. The summed E-state index contributed by atoms with van der Waals surface area (Å²) in [6.07, 6.45) is 3.41. The summed E-state index contributed by atoms with van der Waals surface area (Å²) in [6.45, 7) is 2.73. The normalized spacial score (nSPS) is 31.3. The molecule has 118 valence electrons. The van der Waals surface area contributed by atoms with E-state index in [4.69, 9.17) is 5.73 Å². The molecule has 7 nitrogen and oxygen atoms in total. The first-order chi connectivity index (χ1) is 9.76. The Balaban J connectivity index is 2.32. The number of nitrogens with zero attached hydrogens (tertiary/aromatic N) is 1. The maximum absolute atomic E-state index is 12.9. The molecule has 1 aliphatic carbocycles. The molecule has 8 heteroatoms. The molecule has 21 heavy (non-hydrogen) atoms. The molecule has 2 unspecified atom stereocenters. The second-order valence-electron chi connectivity index (χ2n) is 5.78. The van der Waals surface area contributed by atoms with Crippen LogP contribution in [-0.4, -0.2) is 54.8 Å². The van der Waals surface area contributed by atoms with Gasteiger partial charge in [-0.25, -0.2) is 8.42 Å². The number of nitrogens with one attached hydrogen (secondary N) is 1. The fourth-order valence-electron chi connectivity index (χ4n) is 2.87. The molecule has 0 saturated carbocycles. The van der Waals surface area contributed by atoms with E-state index in [0.29, 0.717) is 13.1 Å². The molecular weight excluding hydrogens is 294 g/mol. The maximum Gasteiger partial charge on any atom is 0.223 e. The van der Waals surface area contributed by atoms with Crippen LogP contribution in [0.1, 0.15) is 26.2 Å². The summed E-state index contributed by atoms with van der Waals surface area (Å²) >= 11 is 0. The van der Waals surface area contributed by atoms with Gasteiger partial charge in [-0.3, -0.25) is 9.59 Å². The smallest absolute Gasteiger partial charge is 0.223 e. The van der Waals surface area contributed by atoms with Crippen LogP contribution in [0.5, 0.6) is 0 Å². The summed E-state index contributed by atoms with van der Waals surface area (Å²) in [6, 6.07) is -0.497. The highest BCUT2D eigenvalue weighted by molar-refractivity contribution is 7.90. The minimum atomic E-state index is -3.73. The number of hydrogen-bond acceptors (Lipinski definition) is 5. The summed E-state index contributed by atoms with van der Waals surface area (Å²) < 4.78 is 26.0. The van der Waals surface area contributed by atoms with Gasteiger partial charge in [-0.1, -0.05) is 12.2 Å². The third-order valence-electron chi connectivity index (χ3n) is 4.00. The lowest BCUT2D eigenvalue weighted by Gasteiger charge is -2.40. The SMILES string of the molecule is CC1(S(=O)(=O)N2CCNCC2CC(N)=O)C=CCC(=O)C1. The highest BCUT2D eigenvalue weighted by Crippen LogP contribution is 2.32. The molecule has 1 saturated heterocycles. The molecule has 2 aliphatic rings. The number of nitrogens with two attached hydrogens (primary N) is 1. The monoisotopic (exact) mass is 315 g/mol. The summed E-state index contributed by atoms with van der Waals surface area (Å²) in [4.78, 5) is 22.8. The van der Waals surface area contributed by atoms with Gasteiger partial charge in [-0.05, 0) is 6.92 Å². The fraction of sp³-hybridized carbons (Fsp3) is 0.692. The van der Waals surface area contributed by atoms with E-state index >= 15 is 0 Å². The Labute approximate surface area is 124 Å². The summed E-state index contributed by atoms with van der Waals surface area (Å²) in [7, 11) is -3.73. The molecule has 1 fully saturated rings. The Morgan fingerprint density at radius 1 is 1.57 bits per heavy atom. The second kappa shape index (κ2) is 5.86. The molecular formula is C13H21N3O4S. The van der Waals surface area contributed by atoms with E-state index in [9.17, 15) is 18.0 Å². The zero-order valence-electron chi connectivity index (χ0n) is 12.0. The van der Waals surface area contributed by atoms with Gasteiger partial charge in [0.15, 0.2) is 0 Å². The number of ketones is 1. The van der Waals surface area contributed by atoms with Crippen molar-refractivity contribution < 1.29 is 18.0 Å². The number of carbonyl (C=O) groups is 2. The number of piperazine rings is 1. The van der Waals surface area contributed by atoms with Gasteiger partial charge in [0.25, 0.3) is 0 Å². The zero-order valence-corrected chi connectivity index (χ0v) is 12.9. The largest absolute Gasteiger partial charge is 0.370 e. The van der Waals surface area contributed by atoms with Crippen molar-refractivity contribution in [3.05, 3.63) is 12.2 Å². The first-order valence-corrected chi connectivity index (χ1v) is 8.40. The molecule has 0 spiro atoms. The van der Waals surface area contributed by atoms with Gasteiger partial charge in [0.1, 0.15) is 10.5 Å². The summed E-state index contributed by atoms with van der Waals surface area (Å²) in [5, 5.41) is 3.07. The van der Waals surface area contributed by atoms with Crippen LogP contribution in [0, 0.1) is 0 Å². The Kier molecular flexibility index (Phi) is 4.50. The number of sulfonamides is 1. The van der Waals surface area contributed by atoms with E-state index in [2.05, 4.69) is 5.32 Å². The molecule has 1 heterocycles. The lowest BCUT2D eigenvalue weighted by atomic mass is 9.96. The number of Topliss-reactive ketones (excluding diaryl/α,β-unsaturated/α-hetero) is 1. The predicted octanol–water partition coefficient (Wildman–Crippen LogP) is -0.857. The standard InChI is InChI=1S/C13H21N3O4S/c1-13(4-2-3-11(17)8-13)21(19,20)16-6-5-15-9-10(16)7-12(14)18/h2,4,10,15H,3,5-9H2,1H3,(H2,14,18). The molecule has 1 aliphatic heterocycles. The van der Waals surface area contributed by atoms with Crippen molar-refractivity contribution in [2.24, 2.45) is 5.73 Å². The van der Waals surface area contributed by atoms with Crippen LogP contribution < -0.4 is 11.1 Å². The van der Waals surface area contributed by atoms with Crippen molar-refractivity contribution >= 4 is 21.7 Å². The van der Waals surface area contributed by atoms with E-state index < -0.39 is 26.7 Å². The van der Waals surface area contributed by atoms with Crippen molar-refractivity contribution in [1.82, 2.24) is 9.62 Å². The fourth-order valence-corrected chi connectivity index (χ4v) is 4.89. The third kappa shape index (κ3) is 3.17. The molecule has 0 radical (unpaired) electrons. The lowest BCUT2D eigenvalue weighted by molar-refractivity contribution is -0.120. The Morgan fingerprint density at radius 2 is 2.29 bits per heavy atom. The van der Waals surface area contributed by atoms with Gasteiger partial charge in [0.05, 0.1) is 0 Å². The van der Waals surface area contributed by atoms with Crippen molar-refractivity contribution in [3.8, 4) is 0 Å². The molecule has 2 rings (SSSR count). The molecule has 0 bridgehead atoms. The average Bonchev–Trinajstić information content (AvgIpc) is 2.38. The Hall–Kier alpha value is -1.25. The van der Waals surface area contributed by atoms with Crippen LogP contribution in [-0.2, 0) is 19.6 Å². The number of allylic oxidation sites excluding steroid dienone is 1. The Morgan fingerprint density at radius 3 is 2.90 bits per heavy atom. The second-order valence-corrected chi connectivity index (χ2v) is 8.13. The number of carbonyl (C=O) groups excluding carboxylic acids is 2. The molecule has 0 aromatic heterocycles. The lowest BCUT2D eigenvalue weighted by Crippen LogP contribution is -2.59. The highest BCUT2D eigenvalue weighted by Gasteiger charge is 2.46. The number of rotatable bonds is 4. The van der Waals surface area contributed by atoms with Gasteiger partial charge < -0.3 is 11.1 Å².